The zero-order valence-corrected chi connectivity index (χ0v) is 12.2. The maximum absolute atomic E-state index is 12.1. The van der Waals surface area contributed by atoms with Crippen LogP contribution in [0.4, 0.5) is 0 Å². The van der Waals surface area contributed by atoms with Gasteiger partial charge < -0.3 is 10.6 Å². The number of carbonyl (C=O) groups is 1. The second kappa shape index (κ2) is 8.00. The standard InChI is InChI=1S/C14H26N2O.ClH/c1-11-5-4-6-12(9-8-11)16-14(17)13-7-2-3-10-15-13;/h11-13,15H,2-10H2,1H3,(H,16,17);1H/t11?,12?,13-;/m1./s1. The van der Waals surface area contributed by atoms with Crippen molar-refractivity contribution in [2.45, 2.75) is 70.4 Å². The molecule has 1 heterocycles. The summed E-state index contributed by atoms with van der Waals surface area (Å²) in [7, 11) is 0. The van der Waals surface area contributed by atoms with Crippen LogP contribution in [0.5, 0.6) is 0 Å². The van der Waals surface area contributed by atoms with Gasteiger partial charge in [-0.1, -0.05) is 26.2 Å². The van der Waals surface area contributed by atoms with E-state index in [1.54, 1.807) is 0 Å². The molecule has 1 amide bonds. The molecule has 2 unspecified atom stereocenters. The molecule has 1 aliphatic heterocycles. The van der Waals surface area contributed by atoms with Gasteiger partial charge in [-0.2, -0.15) is 0 Å². The molecule has 0 radical (unpaired) electrons. The zero-order valence-electron chi connectivity index (χ0n) is 11.4. The fourth-order valence-corrected chi connectivity index (χ4v) is 3.01. The minimum absolute atomic E-state index is 0. The van der Waals surface area contributed by atoms with Crippen molar-refractivity contribution in [2.24, 2.45) is 5.92 Å². The van der Waals surface area contributed by atoms with E-state index in [0.717, 1.165) is 18.9 Å². The lowest BCUT2D eigenvalue weighted by molar-refractivity contribution is -0.124. The number of nitrogens with one attached hydrogen (secondary N) is 2. The van der Waals surface area contributed by atoms with Gasteiger partial charge in [-0.05, 0) is 44.6 Å². The van der Waals surface area contributed by atoms with E-state index in [1.807, 2.05) is 0 Å². The molecule has 106 valence electrons. The minimum atomic E-state index is 0. The normalized spacial score (nSPS) is 33.1. The molecule has 0 bridgehead atoms. The second-order valence-electron chi connectivity index (χ2n) is 5.82. The van der Waals surface area contributed by atoms with E-state index in [1.165, 1.54) is 44.9 Å². The first-order valence-electron chi connectivity index (χ1n) is 7.29. The highest BCUT2D eigenvalue weighted by Crippen LogP contribution is 2.22. The third-order valence-electron chi connectivity index (χ3n) is 4.23. The van der Waals surface area contributed by atoms with Crippen molar-refractivity contribution in [3.05, 3.63) is 0 Å². The highest BCUT2D eigenvalue weighted by Gasteiger charge is 2.24. The number of rotatable bonds is 2. The molecule has 1 saturated carbocycles. The molecule has 3 nitrogen and oxygen atoms in total. The Morgan fingerprint density at radius 1 is 1.06 bits per heavy atom. The first-order valence-corrected chi connectivity index (χ1v) is 7.29. The monoisotopic (exact) mass is 274 g/mol. The smallest absolute Gasteiger partial charge is 0.237 e. The summed E-state index contributed by atoms with van der Waals surface area (Å²) in [5, 5.41) is 6.57. The van der Waals surface area contributed by atoms with Crippen LogP contribution in [0.15, 0.2) is 0 Å². The highest BCUT2D eigenvalue weighted by atomic mass is 35.5. The number of halogens is 1. The molecular weight excluding hydrogens is 248 g/mol. The molecule has 0 aromatic carbocycles. The second-order valence-corrected chi connectivity index (χ2v) is 5.82. The van der Waals surface area contributed by atoms with Gasteiger partial charge in [0.05, 0.1) is 6.04 Å². The molecule has 2 N–H and O–H groups in total. The first kappa shape index (κ1) is 15.8. The molecule has 0 spiro atoms. The number of hydrogen-bond donors (Lipinski definition) is 2. The average Bonchev–Trinajstić information content (AvgIpc) is 2.56. The fraction of sp³-hybridized carbons (Fsp3) is 0.929. The number of carbonyl (C=O) groups excluding carboxylic acids is 1. The Labute approximate surface area is 117 Å². The maximum atomic E-state index is 12.1. The van der Waals surface area contributed by atoms with Gasteiger partial charge in [-0.25, -0.2) is 0 Å². The van der Waals surface area contributed by atoms with E-state index in [2.05, 4.69) is 17.6 Å². The Bertz CT molecular complexity index is 254. The lowest BCUT2D eigenvalue weighted by atomic mass is 10.0. The molecule has 18 heavy (non-hydrogen) atoms. The molecule has 3 atom stereocenters. The molecule has 0 aromatic heterocycles. The quantitative estimate of drug-likeness (QED) is 0.760. The van der Waals surface area contributed by atoms with Crippen molar-refractivity contribution in [2.75, 3.05) is 6.54 Å². The van der Waals surface area contributed by atoms with Crippen molar-refractivity contribution >= 4 is 18.3 Å². The Kier molecular flexibility index (Phi) is 7.02. The topological polar surface area (TPSA) is 41.1 Å². The third-order valence-corrected chi connectivity index (χ3v) is 4.23. The molecule has 2 fully saturated rings. The van der Waals surface area contributed by atoms with Gasteiger partial charge in [0.1, 0.15) is 0 Å². The average molecular weight is 275 g/mol. The van der Waals surface area contributed by atoms with Crippen molar-refractivity contribution in [1.82, 2.24) is 10.6 Å². The molecule has 1 saturated heterocycles. The summed E-state index contributed by atoms with van der Waals surface area (Å²) in [6.07, 6.45) is 9.61. The Balaban J connectivity index is 0.00000162. The lowest BCUT2D eigenvalue weighted by Crippen LogP contribution is -2.49. The van der Waals surface area contributed by atoms with Crippen LogP contribution in [0, 0.1) is 5.92 Å². The zero-order chi connectivity index (χ0) is 12.1. The van der Waals surface area contributed by atoms with E-state index >= 15 is 0 Å². The van der Waals surface area contributed by atoms with Gasteiger partial charge in [0.2, 0.25) is 5.91 Å². The van der Waals surface area contributed by atoms with Crippen LogP contribution in [0.25, 0.3) is 0 Å². The van der Waals surface area contributed by atoms with Crippen LogP contribution < -0.4 is 10.6 Å². The number of hydrogen-bond acceptors (Lipinski definition) is 2. The lowest BCUT2D eigenvalue weighted by Gasteiger charge is -2.25. The van der Waals surface area contributed by atoms with Gasteiger partial charge in [-0.15, -0.1) is 12.4 Å². The van der Waals surface area contributed by atoms with Gasteiger partial charge in [0.15, 0.2) is 0 Å². The van der Waals surface area contributed by atoms with E-state index in [4.69, 9.17) is 0 Å². The summed E-state index contributed by atoms with van der Waals surface area (Å²) in [6, 6.07) is 0.501. The van der Waals surface area contributed by atoms with Gasteiger partial charge >= 0.3 is 0 Å². The molecule has 2 aliphatic rings. The van der Waals surface area contributed by atoms with Gasteiger partial charge in [-0.3, -0.25) is 4.79 Å². The van der Waals surface area contributed by atoms with Crippen molar-refractivity contribution < 1.29 is 4.79 Å². The maximum Gasteiger partial charge on any atom is 0.237 e. The Morgan fingerprint density at radius 3 is 2.61 bits per heavy atom. The van der Waals surface area contributed by atoms with E-state index in [9.17, 15) is 4.79 Å². The molecule has 1 aliphatic carbocycles. The summed E-state index contributed by atoms with van der Waals surface area (Å²) in [6.45, 7) is 3.33. The van der Waals surface area contributed by atoms with Crippen LogP contribution in [0.2, 0.25) is 0 Å². The summed E-state index contributed by atoms with van der Waals surface area (Å²) >= 11 is 0. The number of piperidine rings is 1. The van der Waals surface area contributed by atoms with E-state index in [-0.39, 0.29) is 24.4 Å². The van der Waals surface area contributed by atoms with Crippen LogP contribution in [-0.2, 0) is 4.79 Å². The van der Waals surface area contributed by atoms with Crippen molar-refractivity contribution in [3.8, 4) is 0 Å². The SMILES string of the molecule is CC1CCCC(NC(=O)[C@H]2CCCCN2)CC1.Cl. The third kappa shape index (κ3) is 4.77. The summed E-state index contributed by atoms with van der Waals surface area (Å²) in [4.78, 5) is 12.1. The predicted molar refractivity (Wildman–Crippen MR) is 77.1 cm³/mol. The van der Waals surface area contributed by atoms with Crippen LogP contribution >= 0.6 is 12.4 Å². The van der Waals surface area contributed by atoms with Crippen molar-refractivity contribution in [3.63, 3.8) is 0 Å². The molecular formula is C14H27ClN2O. The Hall–Kier alpha value is -0.280. The van der Waals surface area contributed by atoms with Gasteiger partial charge in [0, 0.05) is 6.04 Å². The summed E-state index contributed by atoms with van der Waals surface area (Å²) < 4.78 is 0. The molecule has 0 aromatic rings. The summed E-state index contributed by atoms with van der Waals surface area (Å²) in [5.41, 5.74) is 0. The molecule has 2 rings (SSSR count). The van der Waals surface area contributed by atoms with Gasteiger partial charge in [0.25, 0.3) is 0 Å². The largest absolute Gasteiger partial charge is 0.352 e. The van der Waals surface area contributed by atoms with Crippen LogP contribution in [0.1, 0.15) is 58.3 Å². The molecule has 4 heteroatoms. The van der Waals surface area contributed by atoms with Crippen LogP contribution in [-0.4, -0.2) is 24.5 Å². The van der Waals surface area contributed by atoms with E-state index < -0.39 is 0 Å². The fourth-order valence-electron chi connectivity index (χ4n) is 3.01. The summed E-state index contributed by atoms with van der Waals surface area (Å²) in [5.74, 6) is 1.08. The van der Waals surface area contributed by atoms with E-state index in [0.29, 0.717) is 6.04 Å². The predicted octanol–water partition coefficient (Wildman–Crippen LogP) is 2.64. The first-order chi connectivity index (χ1) is 8.25. The Morgan fingerprint density at radius 2 is 1.89 bits per heavy atom. The number of amides is 1. The van der Waals surface area contributed by atoms with Crippen LogP contribution in [0.3, 0.4) is 0 Å². The minimum Gasteiger partial charge on any atom is -0.352 e. The van der Waals surface area contributed by atoms with Crippen molar-refractivity contribution in [1.29, 1.82) is 0 Å². The highest BCUT2D eigenvalue weighted by molar-refractivity contribution is 5.85.